The molecule has 1 aliphatic heterocycles. The molecule has 114 valence electrons. The summed E-state index contributed by atoms with van der Waals surface area (Å²) in [7, 11) is 1.55. The summed E-state index contributed by atoms with van der Waals surface area (Å²) in [5.74, 6) is 0.0395. The Kier molecular flexibility index (Phi) is 4.59. The van der Waals surface area contributed by atoms with Gasteiger partial charge in [-0.15, -0.1) is 0 Å². The van der Waals surface area contributed by atoms with Gasteiger partial charge in [0, 0.05) is 19.5 Å². The van der Waals surface area contributed by atoms with E-state index in [4.69, 9.17) is 4.74 Å². The fourth-order valence-corrected chi connectivity index (χ4v) is 2.27. The fourth-order valence-electron chi connectivity index (χ4n) is 2.27. The van der Waals surface area contributed by atoms with Crippen LogP contribution in [-0.4, -0.2) is 43.0 Å². The first-order valence-electron chi connectivity index (χ1n) is 6.86. The monoisotopic (exact) mass is 292 g/mol. The number of amides is 1. The van der Waals surface area contributed by atoms with E-state index in [0.29, 0.717) is 24.4 Å². The number of rotatable bonds is 5. The number of piperazine rings is 1. The second kappa shape index (κ2) is 6.24. The van der Waals surface area contributed by atoms with E-state index < -0.39 is 17.4 Å². The standard InChI is InChI=1S/C15H20N2O4/c1-15(20,10-3-5-11(21-2)6-4-10)13(18)9-12-14(19)17-8-7-16-12/h3-6,12,16,20H,7-9H2,1-2H3,(H,17,19). The molecule has 6 heteroatoms. The summed E-state index contributed by atoms with van der Waals surface area (Å²) in [4.78, 5) is 24.0. The third-order valence-corrected chi connectivity index (χ3v) is 3.72. The van der Waals surface area contributed by atoms with Crippen LogP contribution in [0.3, 0.4) is 0 Å². The number of hydrogen-bond acceptors (Lipinski definition) is 5. The summed E-state index contributed by atoms with van der Waals surface area (Å²) in [5.41, 5.74) is -1.16. The van der Waals surface area contributed by atoms with Gasteiger partial charge in [-0.1, -0.05) is 12.1 Å². The van der Waals surface area contributed by atoms with E-state index in [-0.39, 0.29) is 12.3 Å². The van der Waals surface area contributed by atoms with Gasteiger partial charge in [0.15, 0.2) is 5.78 Å². The Bertz CT molecular complexity index is 525. The van der Waals surface area contributed by atoms with Crippen molar-refractivity contribution >= 4 is 11.7 Å². The Morgan fingerprint density at radius 1 is 1.38 bits per heavy atom. The van der Waals surface area contributed by atoms with Gasteiger partial charge in [0.2, 0.25) is 5.91 Å². The number of methoxy groups -OCH3 is 1. The molecule has 21 heavy (non-hydrogen) atoms. The molecule has 0 aliphatic carbocycles. The van der Waals surface area contributed by atoms with Gasteiger partial charge in [-0.25, -0.2) is 0 Å². The molecule has 6 nitrogen and oxygen atoms in total. The van der Waals surface area contributed by atoms with E-state index in [2.05, 4.69) is 10.6 Å². The van der Waals surface area contributed by atoms with E-state index in [1.807, 2.05) is 0 Å². The van der Waals surface area contributed by atoms with Crippen molar-refractivity contribution in [3.05, 3.63) is 29.8 Å². The molecule has 1 aliphatic rings. The maximum Gasteiger partial charge on any atom is 0.237 e. The Hall–Kier alpha value is -1.92. The number of hydrogen-bond donors (Lipinski definition) is 3. The van der Waals surface area contributed by atoms with E-state index in [9.17, 15) is 14.7 Å². The second-order valence-electron chi connectivity index (χ2n) is 5.23. The molecule has 1 fully saturated rings. The Balaban J connectivity index is 2.09. The number of carbonyl (C=O) groups is 2. The van der Waals surface area contributed by atoms with E-state index >= 15 is 0 Å². The SMILES string of the molecule is COc1ccc(C(C)(O)C(=O)CC2NCCNC2=O)cc1. The zero-order chi connectivity index (χ0) is 15.5. The van der Waals surface area contributed by atoms with Crippen LogP contribution in [0, 0.1) is 0 Å². The van der Waals surface area contributed by atoms with Crippen LogP contribution in [0.25, 0.3) is 0 Å². The second-order valence-corrected chi connectivity index (χ2v) is 5.23. The molecule has 2 atom stereocenters. The highest BCUT2D eigenvalue weighted by atomic mass is 16.5. The minimum absolute atomic E-state index is 0.0507. The third-order valence-electron chi connectivity index (χ3n) is 3.72. The fraction of sp³-hybridized carbons (Fsp3) is 0.467. The maximum absolute atomic E-state index is 12.3. The lowest BCUT2D eigenvalue weighted by atomic mass is 9.87. The van der Waals surface area contributed by atoms with E-state index in [0.717, 1.165) is 0 Å². The van der Waals surface area contributed by atoms with Gasteiger partial charge in [-0.3, -0.25) is 9.59 Å². The van der Waals surface area contributed by atoms with Gasteiger partial charge in [0.05, 0.1) is 13.2 Å². The van der Waals surface area contributed by atoms with E-state index in [1.165, 1.54) is 6.92 Å². The van der Waals surface area contributed by atoms with Crippen molar-refractivity contribution in [1.82, 2.24) is 10.6 Å². The zero-order valence-corrected chi connectivity index (χ0v) is 12.2. The molecule has 0 bridgehead atoms. The van der Waals surface area contributed by atoms with Crippen LogP contribution in [0.1, 0.15) is 18.9 Å². The van der Waals surface area contributed by atoms with Crippen LogP contribution in [0.15, 0.2) is 24.3 Å². The van der Waals surface area contributed by atoms with Crippen LogP contribution in [-0.2, 0) is 15.2 Å². The quantitative estimate of drug-likeness (QED) is 0.708. The molecule has 0 saturated carbocycles. The lowest BCUT2D eigenvalue weighted by Crippen LogP contribution is -2.54. The molecule has 1 aromatic rings. The summed E-state index contributed by atoms with van der Waals surface area (Å²) in [5, 5.41) is 16.2. The number of ether oxygens (including phenoxy) is 1. The Morgan fingerprint density at radius 2 is 2.05 bits per heavy atom. The van der Waals surface area contributed by atoms with Gasteiger partial charge in [0.1, 0.15) is 11.4 Å². The number of aliphatic hydroxyl groups is 1. The average Bonchev–Trinajstić information content (AvgIpc) is 2.49. The minimum atomic E-state index is -1.63. The maximum atomic E-state index is 12.3. The summed E-state index contributed by atoms with van der Waals surface area (Å²) < 4.78 is 5.05. The number of benzene rings is 1. The van der Waals surface area contributed by atoms with Crippen molar-refractivity contribution in [2.24, 2.45) is 0 Å². The van der Waals surface area contributed by atoms with Crippen molar-refractivity contribution in [3.63, 3.8) is 0 Å². The average molecular weight is 292 g/mol. The van der Waals surface area contributed by atoms with Gasteiger partial charge < -0.3 is 20.5 Å². The molecule has 3 N–H and O–H groups in total. The lowest BCUT2D eigenvalue weighted by molar-refractivity contribution is -0.139. The third kappa shape index (κ3) is 3.40. The molecule has 0 spiro atoms. The van der Waals surface area contributed by atoms with Crippen LogP contribution in [0.5, 0.6) is 5.75 Å². The molecule has 1 heterocycles. The molecule has 1 aromatic carbocycles. The number of Topliss-reactive ketones (excluding diaryl/α,β-unsaturated/α-hetero) is 1. The first kappa shape index (κ1) is 15.5. The largest absolute Gasteiger partial charge is 0.497 e. The number of ketones is 1. The van der Waals surface area contributed by atoms with Gasteiger partial charge in [0.25, 0.3) is 0 Å². The normalized spacial score (nSPS) is 21.3. The summed E-state index contributed by atoms with van der Waals surface area (Å²) in [6.45, 7) is 2.62. The van der Waals surface area contributed by atoms with Gasteiger partial charge >= 0.3 is 0 Å². The Morgan fingerprint density at radius 3 is 2.62 bits per heavy atom. The highest BCUT2D eigenvalue weighted by Gasteiger charge is 2.35. The van der Waals surface area contributed by atoms with Crippen LogP contribution in [0.2, 0.25) is 0 Å². The minimum Gasteiger partial charge on any atom is -0.497 e. The van der Waals surface area contributed by atoms with Crippen molar-refractivity contribution in [1.29, 1.82) is 0 Å². The number of nitrogens with one attached hydrogen (secondary N) is 2. The van der Waals surface area contributed by atoms with Crippen molar-refractivity contribution in [2.45, 2.75) is 25.0 Å². The summed E-state index contributed by atoms with van der Waals surface area (Å²) in [6, 6.07) is 6.07. The first-order chi connectivity index (χ1) is 9.95. The highest BCUT2D eigenvalue weighted by Crippen LogP contribution is 2.25. The molecule has 2 rings (SSSR count). The predicted molar refractivity (Wildman–Crippen MR) is 77.0 cm³/mol. The van der Waals surface area contributed by atoms with Crippen LogP contribution < -0.4 is 15.4 Å². The van der Waals surface area contributed by atoms with Crippen molar-refractivity contribution < 1.29 is 19.4 Å². The predicted octanol–water partition coefficient (Wildman–Crippen LogP) is -0.0501. The molecule has 0 radical (unpaired) electrons. The number of carbonyl (C=O) groups excluding carboxylic acids is 2. The molecule has 2 unspecified atom stereocenters. The van der Waals surface area contributed by atoms with Gasteiger partial charge in [-0.2, -0.15) is 0 Å². The van der Waals surface area contributed by atoms with Crippen LogP contribution in [0.4, 0.5) is 0 Å². The molecule has 1 saturated heterocycles. The summed E-state index contributed by atoms with van der Waals surface area (Å²) in [6.07, 6.45) is -0.0507. The Labute approximate surface area is 123 Å². The van der Waals surface area contributed by atoms with E-state index in [1.54, 1.807) is 31.4 Å². The molecular formula is C15H20N2O4. The zero-order valence-electron chi connectivity index (χ0n) is 12.2. The topological polar surface area (TPSA) is 87.7 Å². The molecule has 0 aromatic heterocycles. The summed E-state index contributed by atoms with van der Waals surface area (Å²) >= 11 is 0. The highest BCUT2D eigenvalue weighted by molar-refractivity contribution is 5.94. The molecular weight excluding hydrogens is 272 g/mol. The van der Waals surface area contributed by atoms with Crippen LogP contribution >= 0.6 is 0 Å². The smallest absolute Gasteiger partial charge is 0.237 e. The van der Waals surface area contributed by atoms with Crippen molar-refractivity contribution in [2.75, 3.05) is 20.2 Å². The first-order valence-corrected chi connectivity index (χ1v) is 6.86. The van der Waals surface area contributed by atoms with Crippen molar-refractivity contribution in [3.8, 4) is 5.75 Å². The lowest BCUT2D eigenvalue weighted by Gasteiger charge is -2.27. The molecule has 1 amide bonds. The van der Waals surface area contributed by atoms with Gasteiger partial charge in [-0.05, 0) is 24.6 Å².